The number of hydrogen-bond donors (Lipinski definition) is 1. The first-order valence-electron chi connectivity index (χ1n) is 5.72. The van der Waals surface area contributed by atoms with Gasteiger partial charge in [-0.05, 0) is 12.1 Å². The lowest BCUT2D eigenvalue weighted by Gasteiger charge is -2.13. The topological polar surface area (TPSA) is 42.7 Å². The zero-order chi connectivity index (χ0) is 13.1. The van der Waals surface area contributed by atoms with Crippen LogP contribution in [0.4, 0.5) is 5.69 Å². The molecule has 0 atom stereocenters. The molecule has 0 unspecified atom stereocenters. The summed E-state index contributed by atoms with van der Waals surface area (Å²) in [6.45, 7) is 0.729. The summed E-state index contributed by atoms with van der Waals surface area (Å²) in [6.07, 6.45) is 7.20. The lowest BCUT2D eigenvalue weighted by atomic mass is 10.2. The molecular weight excluding hydrogens is 280 g/mol. The van der Waals surface area contributed by atoms with Crippen molar-refractivity contribution in [1.82, 2.24) is 14.5 Å². The number of para-hydroxylation sites is 1. The number of nitrogens with zero attached hydrogens (tertiary/aromatic N) is 3. The molecule has 0 spiro atoms. The Kier molecular flexibility index (Phi) is 3.48. The van der Waals surface area contributed by atoms with Crippen LogP contribution in [0.15, 0.2) is 48.6 Å². The van der Waals surface area contributed by atoms with E-state index in [4.69, 9.17) is 11.6 Å². The summed E-state index contributed by atoms with van der Waals surface area (Å²) in [5.74, 6) is 0. The lowest BCUT2D eigenvalue weighted by molar-refractivity contribution is 1.05. The molecule has 0 aliphatic rings. The standard InChI is InChI=1S/C13H11ClN4S/c14-11-2-1-3-12(13(11)18-5-4-15-8-18)17-7-10-6-16-9-19-10/h1-6,8-9,17H,7H2. The van der Waals surface area contributed by atoms with Gasteiger partial charge in [0.05, 0.1) is 34.8 Å². The Labute approximate surface area is 119 Å². The third-order valence-corrected chi connectivity index (χ3v) is 3.77. The van der Waals surface area contributed by atoms with Crippen LogP contribution in [-0.2, 0) is 6.54 Å². The monoisotopic (exact) mass is 290 g/mol. The van der Waals surface area contributed by atoms with Gasteiger partial charge >= 0.3 is 0 Å². The van der Waals surface area contributed by atoms with E-state index in [2.05, 4.69) is 15.3 Å². The van der Waals surface area contributed by atoms with Crippen molar-refractivity contribution in [1.29, 1.82) is 0 Å². The van der Waals surface area contributed by atoms with E-state index in [0.29, 0.717) is 5.02 Å². The normalized spacial score (nSPS) is 10.6. The largest absolute Gasteiger partial charge is 0.378 e. The number of aromatic nitrogens is 3. The minimum atomic E-state index is 0.687. The predicted octanol–water partition coefficient (Wildman–Crippen LogP) is 3.59. The van der Waals surface area contributed by atoms with Gasteiger partial charge in [0.15, 0.2) is 0 Å². The number of rotatable bonds is 4. The molecule has 4 nitrogen and oxygen atoms in total. The second-order valence-corrected chi connectivity index (χ2v) is 5.31. The number of hydrogen-bond acceptors (Lipinski definition) is 4. The van der Waals surface area contributed by atoms with Gasteiger partial charge < -0.3 is 9.88 Å². The van der Waals surface area contributed by atoms with Gasteiger partial charge in [-0.15, -0.1) is 11.3 Å². The van der Waals surface area contributed by atoms with Crippen molar-refractivity contribution in [2.45, 2.75) is 6.54 Å². The first-order chi connectivity index (χ1) is 9.34. The van der Waals surface area contributed by atoms with Crippen LogP contribution < -0.4 is 5.32 Å². The minimum Gasteiger partial charge on any atom is -0.378 e. The van der Waals surface area contributed by atoms with Crippen molar-refractivity contribution < 1.29 is 0 Å². The van der Waals surface area contributed by atoms with Gasteiger partial charge in [0.1, 0.15) is 0 Å². The van der Waals surface area contributed by atoms with Crippen LogP contribution in [0, 0.1) is 0 Å². The maximum absolute atomic E-state index is 6.28. The molecule has 0 bridgehead atoms. The first-order valence-corrected chi connectivity index (χ1v) is 6.98. The second kappa shape index (κ2) is 5.42. The van der Waals surface area contributed by atoms with Crippen molar-refractivity contribution in [2.75, 3.05) is 5.32 Å². The molecule has 1 N–H and O–H groups in total. The molecule has 0 aliphatic heterocycles. The summed E-state index contributed by atoms with van der Waals surface area (Å²) in [5, 5.41) is 4.07. The van der Waals surface area contributed by atoms with E-state index in [1.54, 1.807) is 23.9 Å². The highest BCUT2D eigenvalue weighted by Crippen LogP contribution is 2.28. The Morgan fingerprint density at radius 2 is 2.26 bits per heavy atom. The molecule has 0 amide bonds. The van der Waals surface area contributed by atoms with Gasteiger partial charge in [0, 0.05) is 23.5 Å². The molecule has 0 saturated heterocycles. The molecule has 96 valence electrons. The van der Waals surface area contributed by atoms with Crippen molar-refractivity contribution in [3.05, 3.63) is 58.5 Å². The average Bonchev–Trinajstić information content (AvgIpc) is 3.09. The van der Waals surface area contributed by atoms with E-state index in [9.17, 15) is 0 Å². The number of benzene rings is 1. The van der Waals surface area contributed by atoms with Gasteiger partial charge in [-0.25, -0.2) is 4.98 Å². The molecule has 19 heavy (non-hydrogen) atoms. The number of thiazole rings is 1. The van der Waals surface area contributed by atoms with Gasteiger partial charge in [0.25, 0.3) is 0 Å². The van der Waals surface area contributed by atoms with Crippen molar-refractivity contribution in [3.63, 3.8) is 0 Å². The summed E-state index contributed by atoms with van der Waals surface area (Å²) >= 11 is 7.91. The molecule has 2 aromatic heterocycles. The Morgan fingerprint density at radius 3 is 3.00 bits per heavy atom. The highest BCUT2D eigenvalue weighted by Gasteiger charge is 2.08. The van der Waals surface area contributed by atoms with E-state index in [1.165, 1.54) is 4.88 Å². The van der Waals surface area contributed by atoms with Crippen LogP contribution in [-0.4, -0.2) is 14.5 Å². The summed E-state index contributed by atoms with van der Waals surface area (Å²) in [6, 6.07) is 5.80. The van der Waals surface area contributed by atoms with Crippen molar-refractivity contribution in [2.24, 2.45) is 0 Å². The summed E-state index contributed by atoms with van der Waals surface area (Å²) < 4.78 is 1.90. The molecule has 2 heterocycles. The van der Waals surface area contributed by atoms with Crippen molar-refractivity contribution in [3.8, 4) is 5.69 Å². The molecule has 0 saturated carbocycles. The molecule has 3 rings (SSSR count). The van der Waals surface area contributed by atoms with Crippen LogP contribution in [0.3, 0.4) is 0 Å². The quantitative estimate of drug-likeness (QED) is 0.798. The first kappa shape index (κ1) is 12.2. The fraction of sp³-hybridized carbons (Fsp3) is 0.0769. The van der Waals surface area contributed by atoms with E-state index < -0.39 is 0 Å². The number of imidazole rings is 1. The predicted molar refractivity (Wildman–Crippen MR) is 78.0 cm³/mol. The van der Waals surface area contributed by atoms with Crippen LogP contribution in [0.25, 0.3) is 5.69 Å². The smallest absolute Gasteiger partial charge is 0.0992 e. The molecule has 6 heteroatoms. The number of halogens is 1. The average molecular weight is 291 g/mol. The van der Waals surface area contributed by atoms with E-state index >= 15 is 0 Å². The number of anilines is 1. The van der Waals surface area contributed by atoms with Gasteiger partial charge in [-0.1, -0.05) is 17.7 Å². The van der Waals surface area contributed by atoms with Crippen LogP contribution in [0.5, 0.6) is 0 Å². The fourth-order valence-electron chi connectivity index (χ4n) is 1.82. The Balaban J connectivity index is 1.91. The highest BCUT2D eigenvalue weighted by atomic mass is 35.5. The summed E-state index contributed by atoms with van der Waals surface area (Å²) in [4.78, 5) is 9.30. The van der Waals surface area contributed by atoms with Crippen molar-refractivity contribution >= 4 is 28.6 Å². The number of nitrogens with one attached hydrogen (secondary N) is 1. The molecule has 0 aliphatic carbocycles. The van der Waals surface area contributed by atoms with E-state index in [1.807, 2.05) is 40.7 Å². The zero-order valence-corrected chi connectivity index (χ0v) is 11.5. The van der Waals surface area contributed by atoms with Crippen LogP contribution in [0.2, 0.25) is 5.02 Å². The molecule has 3 aromatic rings. The lowest BCUT2D eigenvalue weighted by Crippen LogP contribution is -2.03. The van der Waals surface area contributed by atoms with Gasteiger partial charge in [-0.2, -0.15) is 0 Å². The van der Waals surface area contributed by atoms with Crippen LogP contribution >= 0.6 is 22.9 Å². The molecule has 1 aromatic carbocycles. The summed E-state index contributed by atoms with van der Waals surface area (Å²) in [7, 11) is 0. The van der Waals surface area contributed by atoms with E-state index in [-0.39, 0.29) is 0 Å². The van der Waals surface area contributed by atoms with E-state index in [0.717, 1.165) is 17.9 Å². The fourth-order valence-corrected chi connectivity index (χ4v) is 2.63. The third kappa shape index (κ3) is 2.62. The minimum absolute atomic E-state index is 0.687. The maximum Gasteiger partial charge on any atom is 0.0992 e. The Bertz CT molecular complexity index is 649. The molecule has 0 fully saturated rings. The SMILES string of the molecule is Clc1cccc(NCc2cncs2)c1-n1ccnc1. The van der Waals surface area contributed by atoms with Crippen LogP contribution in [0.1, 0.15) is 4.88 Å². The molecule has 0 radical (unpaired) electrons. The van der Waals surface area contributed by atoms with Gasteiger partial charge in [-0.3, -0.25) is 4.98 Å². The maximum atomic E-state index is 6.28. The third-order valence-electron chi connectivity index (χ3n) is 2.69. The molecular formula is C13H11ClN4S. The second-order valence-electron chi connectivity index (χ2n) is 3.93. The van der Waals surface area contributed by atoms with Gasteiger partial charge in [0.2, 0.25) is 0 Å². The Morgan fingerprint density at radius 1 is 1.32 bits per heavy atom. The highest BCUT2D eigenvalue weighted by molar-refractivity contribution is 7.09. The Hall–Kier alpha value is -1.85. The zero-order valence-electron chi connectivity index (χ0n) is 9.95. The summed E-state index contributed by atoms with van der Waals surface area (Å²) in [5.41, 5.74) is 3.70.